The fourth-order valence-electron chi connectivity index (χ4n) is 5.70. The standard InChI is InChI=1S/C9H8F2O2.C8H7F2I.C8H7IO2.C8H9IO.C8H7IO.C6H14F3NO2S.C4H7BO.CH4/c1-5-6(8(10)11)3-2-4-7(5)9(12)13;1-5-6(8(9)10)3-2-4-7(5)11;1-5-6(8(10)11)3-2-4-7(5)9;2*1-6-7(5-10)3-2-4-8(6)9;1-11-5-3-10(4-6-12-2)13(7,8)9;5-4-2-1-3-6-4;/h2-4,8H,1H3,(H,12,13);2-4,8H,1H3;2-4H,1H3,(H,10,11);2-4,10H,5H2,1H3;2-5H,1H3;3-6H2,1-2H3;4H,1-3H2;1H4. The van der Waals surface area contributed by atoms with Gasteiger partial charge in [-0.2, -0.15) is 4.31 Å². The second-order valence-corrected chi connectivity index (χ2v) is 21.1. The van der Waals surface area contributed by atoms with E-state index in [-0.39, 0.29) is 68.6 Å². The molecule has 1 atom stereocenters. The average molecular weight is 1530 g/mol. The predicted octanol–water partition coefficient (Wildman–Crippen LogP) is 15.9. The van der Waals surface area contributed by atoms with E-state index in [2.05, 4.69) is 77.2 Å². The monoisotopic (exact) mass is 1530 g/mol. The number of hydrogen-bond donors (Lipinski definition) is 3. The number of ether oxygens (including phenoxy) is 3. The molecule has 5 aromatic rings. The molecule has 6 rings (SSSR count). The van der Waals surface area contributed by atoms with Gasteiger partial charge in [-0.3, -0.25) is 4.79 Å². The Morgan fingerprint density at radius 3 is 1.41 bits per heavy atom. The summed E-state index contributed by atoms with van der Waals surface area (Å²) in [6.07, 6.45) is -1.91. The number of halogens is 11. The van der Waals surface area contributed by atoms with E-state index in [0.717, 1.165) is 58.7 Å². The van der Waals surface area contributed by atoms with Gasteiger partial charge in [-0.05, 0) is 208 Å². The minimum absolute atomic E-state index is 0. The van der Waals surface area contributed by atoms with Crippen LogP contribution in [0.5, 0.6) is 0 Å². The van der Waals surface area contributed by atoms with Crippen LogP contribution in [0.15, 0.2) is 91.0 Å². The second-order valence-electron chi connectivity index (χ2n) is 15.2. The molecule has 2 radical (unpaired) electrons. The van der Waals surface area contributed by atoms with Crippen LogP contribution in [0.4, 0.5) is 29.2 Å². The first-order chi connectivity index (χ1) is 34.7. The van der Waals surface area contributed by atoms with Gasteiger partial charge in [0.2, 0.25) is 0 Å². The van der Waals surface area contributed by atoms with Crippen LogP contribution in [0.3, 0.4) is 0 Å². The summed E-state index contributed by atoms with van der Waals surface area (Å²) >= 11 is 3.51. The lowest BCUT2D eigenvalue weighted by Gasteiger charge is -2.26. The van der Waals surface area contributed by atoms with Crippen molar-refractivity contribution in [3.05, 3.63) is 166 Å². The average Bonchev–Trinajstić information content (AvgIpc) is 3.83. The Hall–Kier alpha value is -2.65. The topological polar surface area (TPSA) is 143 Å². The summed E-state index contributed by atoms with van der Waals surface area (Å²) in [5.41, 5.74) is 5.93. The maximum absolute atomic E-state index is 12.3. The van der Waals surface area contributed by atoms with Gasteiger partial charge in [0.25, 0.3) is 24.2 Å². The lowest BCUT2D eigenvalue weighted by Crippen LogP contribution is -2.28. The van der Waals surface area contributed by atoms with Crippen LogP contribution < -0.4 is 0 Å². The van der Waals surface area contributed by atoms with Gasteiger partial charge in [0.15, 0.2) is 0 Å². The number of methoxy groups -OCH3 is 2. The largest absolute Gasteiger partial charge is 0.478 e. The summed E-state index contributed by atoms with van der Waals surface area (Å²) in [6.45, 7) is 9.78. The molecule has 3 N–H and O–H groups in total. The zero-order valence-corrected chi connectivity index (χ0v) is 51.0. The summed E-state index contributed by atoms with van der Waals surface area (Å²) in [5, 5.41) is 26.2. The van der Waals surface area contributed by atoms with Crippen LogP contribution in [-0.2, 0) is 20.8 Å². The molecule has 0 bridgehead atoms. The number of nitrogens with zero attached hydrogens (tertiary/aromatic N) is 1. The van der Waals surface area contributed by atoms with Crippen molar-refractivity contribution in [2.75, 3.05) is 47.1 Å². The molecule has 0 spiro atoms. The molecule has 1 aliphatic heterocycles. The smallest absolute Gasteiger partial charge is 0.335 e. The van der Waals surface area contributed by atoms with Crippen molar-refractivity contribution in [3.8, 4) is 0 Å². The van der Waals surface area contributed by atoms with Crippen LogP contribution in [0.2, 0.25) is 0 Å². The minimum Gasteiger partial charge on any atom is -0.478 e. The number of alkyl halides is 4. The molecular weight excluding hydrogens is 1470 g/mol. The van der Waals surface area contributed by atoms with Gasteiger partial charge in [-0.15, -0.1) is 11.7 Å². The van der Waals surface area contributed by atoms with Crippen LogP contribution in [0.25, 0.3) is 0 Å². The third-order valence-electron chi connectivity index (χ3n) is 10.2. The number of aldehydes is 1. The van der Waals surface area contributed by atoms with Crippen molar-refractivity contribution in [2.24, 2.45) is 0 Å². The van der Waals surface area contributed by atoms with Crippen LogP contribution in [0.1, 0.15) is 109 Å². The van der Waals surface area contributed by atoms with Gasteiger partial charge in [0.05, 0.1) is 30.9 Å². The van der Waals surface area contributed by atoms with E-state index < -0.39 is 36.2 Å². The summed E-state index contributed by atoms with van der Waals surface area (Å²) in [6, 6.07) is 25.7. The Morgan fingerprint density at radius 1 is 0.680 bits per heavy atom. The van der Waals surface area contributed by atoms with E-state index in [1.807, 2.05) is 91.9 Å². The first-order valence-electron chi connectivity index (χ1n) is 21.9. The summed E-state index contributed by atoms with van der Waals surface area (Å²) < 4.78 is 105. The minimum atomic E-state index is -5.14. The number of benzene rings is 5. The SMILES string of the molecule is C.COCCN(CCOC)S(F)(F)F.Cc1c(C(=O)O)cccc1C(F)F.Cc1c(I)cccc1C(=O)O.Cc1c(I)cccc1C(F)F.Cc1c(I)cccc1C=O.Cc1c(I)cccc1CO.[B]C1CCCO1. The highest BCUT2D eigenvalue weighted by Gasteiger charge is 2.30. The zero-order valence-electron chi connectivity index (χ0n) is 41.5. The van der Waals surface area contributed by atoms with E-state index >= 15 is 0 Å². The highest BCUT2D eigenvalue weighted by molar-refractivity contribution is 14.1. The van der Waals surface area contributed by atoms with E-state index in [0.29, 0.717) is 15.4 Å². The maximum Gasteiger partial charge on any atom is 0.335 e. The predicted molar refractivity (Wildman–Crippen MR) is 320 cm³/mol. The van der Waals surface area contributed by atoms with Gasteiger partial charge in [0.1, 0.15) is 14.1 Å². The Morgan fingerprint density at radius 2 is 1.08 bits per heavy atom. The maximum atomic E-state index is 12.3. The molecule has 0 aromatic heterocycles. The summed E-state index contributed by atoms with van der Waals surface area (Å²) in [5.74, 6) is -2.04. The fraction of sp³-hybridized carbons (Fsp3) is 0.365. The third kappa shape index (κ3) is 29.2. The number of carbonyl (C=O) groups is 3. The molecule has 5 aromatic carbocycles. The van der Waals surface area contributed by atoms with E-state index in [1.54, 1.807) is 25.1 Å². The number of aliphatic hydroxyl groups is 1. The zero-order chi connectivity index (χ0) is 56.7. The number of rotatable bonds is 13. The van der Waals surface area contributed by atoms with Crippen molar-refractivity contribution in [1.29, 1.82) is 0 Å². The van der Waals surface area contributed by atoms with Crippen LogP contribution in [-0.4, -0.2) is 98.8 Å². The highest BCUT2D eigenvalue weighted by atomic mass is 127. The lowest BCUT2D eigenvalue weighted by molar-refractivity contribution is 0.0684. The van der Waals surface area contributed by atoms with Gasteiger partial charge in [-0.1, -0.05) is 62.0 Å². The summed E-state index contributed by atoms with van der Waals surface area (Å²) in [4.78, 5) is 31.5. The van der Waals surface area contributed by atoms with E-state index in [1.165, 1.54) is 54.5 Å². The van der Waals surface area contributed by atoms with E-state index in [9.17, 15) is 43.6 Å². The van der Waals surface area contributed by atoms with Crippen LogP contribution >= 0.6 is 102 Å². The molecule has 1 saturated heterocycles. The van der Waals surface area contributed by atoms with Crippen molar-refractivity contribution in [3.63, 3.8) is 0 Å². The van der Waals surface area contributed by atoms with Crippen LogP contribution in [0, 0.1) is 48.9 Å². The number of aromatic carboxylic acids is 2. The highest BCUT2D eigenvalue weighted by Crippen LogP contribution is 2.56. The first kappa shape index (κ1) is 74.4. The fourth-order valence-corrected chi connectivity index (χ4v) is 8.36. The quantitative estimate of drug-likeness (QED) is 0.0451. The van der Waals surface area contributed by atoms with Gasteiger partial charge in [-0.25, -0.2) is 27.2 Å². The number of hydrogen-bond acceptors (Lipinski definition) is 8. The van der Waals surface area contributed by atoms with Crippen molar-refractivity contribution in [2.45, 2.75) is 80.3 Å². The van der Waals surface area contributed by atoms with Gasteiger partial charge >= 0.3 is 11.9 Å². The normalized spacial score (nSPS) is 12.5. The number of carboxylic acids is 2. The molecule has 0 saturated carbocycles. The Bertz CT molecular complexity index is 2470. The number of aliphatic hydroxyl groups excluding tert-OH is 1. The second kappa shape index (κ2) is 40.5. The van der Waals surface area contributed by atoms with Crippen molar-refractivity contribution in [1.82, 2.24) is 4.31 Å². The number of carbonyl (C=O) groups excluding carboxylic acids is 1. The molecule has 0 amide bonds. The van der Waals surface area contributed by atoms with E-state index in [4.69, 9.17) is 27.9 Å². The molecule has 0 aliphatic carbocycles. The molecular formula is C52H63BF7I4NO9S. The first-order valence-corrected chi connectivity index (χ1v) is 27.5. The number of carboxylic acid groups (broad SMARTS) is 2. The molecule has 1 heterocycles. The Balaban J connectivity index is 0. The van der Waals surface area contributed by atoms with Gasteiger partial charge in [0, 0.05) is 70.9 Å². The molecule has 10 nitrogen and oxygen atoms in total. The molecule has 1 aliphatic rings. The molecule has 1 unspecified atom stereocenters. The lowest BCUT2D eigenvalue weighted by atomic mass is 9.98. The summed E-state index contributed by atoms with van der Waals surface area (Å²) in [7, 11) is 8.06. The molecule has 416 valence electrons. The Labute approximate surface area is 494 Å². The van der Waals surface area contributed by atoms with Crippen molar-refractivity contribution >= 4 is 128 Å². The van der Waals surface area contributed by atoms with Gasteiger partial charge < -0.3 is 29.5 Å². The van der Waals surface area contributed by atoms with Crippen molar-refractivity contribution < 1.29 is 73.1 Å². The Kier molecular flexibility index (Phi) is 40.2. The molecule has 75 heavy (non-hydrogen) atoms. The molecule has 1 fully saturated rings. The third-order valence-corrected chi connectivity index (χ3v) is 15.8. The molecule has 23 heteroatoms.